The van der Waals surface area contributed by atoms with E-state index in [0.717, 1.165) is 5.75 Å². The van der Waals surface area contributed by atoms with Gasteiger partial charge in [0.2, 0.25) is 5.75 Å². The minimum absolute atomic E-state index is 0.0410. The van der Waals surface area contributed by atoms with E-state index in [1.54, 1.807) is 16.4 Å². The molecule has 7 heteroatoms. The zero-order chi connectivity index (χ0) is 22.6. The van der Waals surface area contributed by atoms with Crippen LogP contribution in [0.15, 0.2) is 58.2 Å². The Kier molecular flexibility index (Phi) is 5.08. The molecule has 2 aliphatic heterocycles. The highest BCUT2D eigenvalue weighted by atomic mass is 32.2. The van der Waals surface area contributed by atoms with Crippen molar-refractivity contribution < 1.29 is 9.90 Å². The van der Waals surface area contributed by atoms with Crippen molar-refractivity contribution in [2.75, 3.05) is 6.54 Å². The van der Waals surface area contributed by atoms with Gasteiger partial charge in [-0.2, -0.15) is 4.98 Å². The molecule has 0 aliphatic carbocycles. The Morgan fingerprint density at radius 3 is 2.50 bits per heavy atom. The third kappa shape index (κ3) is 3.14. The van der Waals surface area contributed by atoms with E-state index in [0.29, 0.717) is 12.4 Å². The molecule has 3 aromatic rings. The molecule has 2 atom stereocenters. The zero-order valence-corrected chi connectivity index (χ0v) is 19.1. The van der Waals surface area contributed by atoms with Gasteiger partial charge in [0.25, 0.3) is 5.91 Å². The Balaban J connectivity index is 1.82. The van der Waals surface area contributed by atoms with Crippen LogP contribution in [-0.2, 0) is 5.75 Å². The molecule has 5 rings (SSSR count). The molecule has 2 aromatic carbocycles. The van der Waals surface area contributed by atoms with Gasteiger partial charge >= 0.3 is 5.56 Å². The number of amides is 1. The molecule has 32 heavy (non-hydrogen) atoms. The van der Waals surface area contributed by atoms with Crippen LogP contribution in [0.5, 0.6) is 5.75 Å². The van der Waals surface area contributed by atoms with Crippen molar-refractivity contribution in [1.82, 2.24) is 14.5 Å². The van der Waals surface area contributed by atoms with Gasteiger partial charge in [-0.05, 0) is 43.5 Å². The smallest absolute Gasteiger partial charge is 0.315 e. The summed E-state index contributed by atoms with van der Waals surface area (Å²) in [7, 11) is 0. The SMILES string of the molecule is Cc1nc(=O)c(O)c2n1[C@@H]([C@@H]1c3ccccc3CSc3ccccc31)CN(C(C)C)C2=O. The van der Waals surface area contributed by atoms with Gasteiger partial charge in [-0.3, -0.25) is 9.59 Å². The van der Waals surface area contributed by atoms with Crippen molar-refractivity contribution in [3.63, 3.8) is 0 Å². The van der Waals surface area contributed by atoms with Crippen molar-refractivity contribution in [1.29, 1.82) is 0 Å². The minimum Gasteiger partial charge on any atom is -0.501 e. The van der Waals surface area contributed by atoms with Crippen molar-refractivity contribution in [2.45, 2.75) is 49.4 Å². The lowest BCUT2D eigenvalue weighted by Gasteiger charge is -2.42. The maximum atomic E-state index is 13.3. The normalized spacial score (nSPS) is 19.9. The monoisotopic (exact) mass is 447 g/mol. The van der Waals surface area contributed by atoms with Gasteiger partial charge in [-0.15, -0.1) is 11.8 Å². The second-order valence-corrected chi connectivity index (χ2v) is 9.67. The number of aryl methyl sites for hydroxylation is 1. The fourth-order valence-electron chi connectivity index (χ4n) is 5.02. The summed E-state index contributed by atoms with van der Waals surface area (Å²) < 4.78 is 1.80. The number of fused-ring (bicyclic) bond motifs is 3. The molecular formula is C25H25N3O3S. The van der Waals surface area contributed by atoms with Crippen LogP contribution in [0.1, 0.15) is 58.8 Å². The standard InChI is InChI=1S/C25H25N3O3S/c1-14(2)27-12-19(28-15(3)26-24(30)23(29)22(28)25(27)31)21-17-9-5-4-8-16(17)13-32-20-11-7-6-10-18(20)21/h4-11,14,19,21,29H,12-13H2,1-3H3/t19-,21-/m1/s1. The van der Waals surface area contributed by atoms with E-state index in [9.17, 15) is 14.7 Å². The Morgan fingerprint density at radius 1 is 1.06 bits per heavy atom. The molecule has 6 nitrogen and oxygen atoms in total. The topological polar surface area (TPSA) is 75.4 Å². The van der Waals surface area contributed by atoms with Gasteiger partial charge in [-0.1, -0.05) is 42.5 Å². The highest BCUT2D eigenvalue weighted by Crippen LogP contribution is 2.47. The molecule has 0 spiro atoms. The quantitative estimate of drug-likeness (QED) is 0.640. The van der Waals surface area contributed by atoms with Crippen LogP contribution < -0.4 is 5.56 Å². The summed E-state index contributed by atoms with van der Waals surface area (Å²) in [5, 5.41) is 10.7. The summed E-state index contributed by atoms with van der Waals surface area (Å²) in [5.74, 6) is 0.341. The van der Waals surface area contributed by atoms with Gasteiger partial charge in [0.05, 0.1) is 6.04 Å². The highest BCUT2D eigenvalue weighted by molar-refractivity contribution is 7.98. The maximum Gasteiger partial charge on any atom is 0.315 e. The van der Waals surface area contributed by atoms with Crippen molar-refractivity contribution in [3.8, 4) is 5.75 Å². The van der Waals surface area contributed by atoms with Crippen LogP contribution in [0, 0.1) is 6.92 Å². The van der Waals surface area contributed by atoms with Crippen molar-refractivity contribution in [3.05, 3.63) is 87.1 Å². The Hall–Kier alpha value is -3.06. The van der Waals surface area contributed by atoms with Gasteiger partial charge < -0.3 is 14.6 Å². The van der Waals surface area contributed by atoms with E-state index in [1.807, 2.05) is 43.8 Å². The third-order valence-electron chi connectivity index (χ3n) is 6.49. The molecule has 2 aliphatic rings. The summed E-state index contributed by atoms with van der Waals surface area (Å²) in [5.41, 5.74) is 2.93. The summed E-state index contributed by atoms with van der Waals surface area (Å²) in [6.45, 7) is 6.11. The Bertz CT molecular complexity index is 1240. The van der Waals surface area contributed by atoms with E-state index in [-0.39, 0.29) is 29.6 Å². The predicted octanol–water partition coefficient (Wildman–Crippen LogP) is 4.10. The molecule has 0 saturated carbocycles. The molecule has 164 valence electrons. The van der Waals surface area contributed by atoms with E-state index in [2.05, 4.69) is 35.3 Å². The van der Waals surface area contributed by atoms with Crippen LogP contribution in [0.2, 0.25) is 0 Å². The lowest BCUT2D eigenvalue weighted by atomic mass is 9.81. The number of hydrogen-bond donors (Lipinski definition) is 1. The average Bonchev–Trinajstić information content (AvgIpc) is 2.94. The van der Waals surface area contributed by atoms with Crippen LogP contribution in [0.4, 0.5) is 0 Å². The molecule has 0 saturated heterocycles. The number of hydrogen-bond acceptors (Lipinski definition) is 5. The molecule has 1 amide bonds. The average molecular weight is 448 g/mol. The second kappa shape index (κ2) is 7.81. The summed E-state index contributed by atoms with van der Waals surface area (Å²) in [6.07, 6.45) is 0. The molecule has 3 heterocycles. The lowest BCUT2D eigenvalue weighted by Crippen LogP contribution is -2.50. The number of nitrogens with zero attached hydrogens (tertiary/aromatic N) is 3. The molecule has 1 aromatic heterocycles. The van der Waals surface area contributed by atoms with E-state index >= 15 is 0 Å². The minimum atomic E-state index is -0.760. The number of thioether (sulfide) groups is 1. The molecule has 1 N–H and O–H groups in total. The van der Waals surface area contributed by atoms with Crippen LogP contribution in [0.25, 0.3) is 0 Å². The fourth-order valence-corrected chi connectivity index (χ4v) is 6.13. The van der Waals surface area contributed by atoms with Gasteiger partial charge in [-0.25, -0.2) is 0 Å². The van der Waals surface area contributed by atoms with Gasteiger partial charge in [0.1, 0.15) is 5.82 Å². The maximum absolute atomic E-state index is 13.3. The Morgan fingerprint density at radius 2 is 1.75 bits per heavy atom. The van der Waals surface area contributed by atoms with Crippen molar-refractivity contribution >= 4 is 17.7 Å². The first-order chi connectivity index (χ1) is 15.4. The number of rotatable bonds is 2. The third-order valence-corrected chi connectivity index (χ3v) is 7.63. The number of carbonyl (C=O) groups excluding carboxylic acids is 1. The van der Waals surface area contributed by atoms with E-state index in [4.69, 9.17) is 0 Å². The molecule has 0 bridgehead atoms. The van der Waals surface area contributed by atoms with Crippen molar-refractivity contribution in [2.24, 2.45) is 0 Å². The molecule has 0 radical (unpaired) electrons. The number of aromatic nitrogens is 2. The first kappa shape index (κ1) is 20.8. The summed E-state index contributed by atoms with van der Waals surface area (Å²) in [6, 6.07) is 16.5. The van der Waals surface area contributed by atoms with Gasteiger partial charge in [0.15, 0.2) is 5.69 Å². The molecular weight excluding hydrogens is 422 g/mol. The van der Waals surface area contributed by atoms with Crippen LogP contribution in [0.3, 0.4) is 0 Å². The second-order valence-electron chi connectivity index (χ2n) is 8.65. The van der Waals surface area contributed by atoms with E-state index in [1.165, 1.54) is 21.6 Å². The lowest BCUT2D eigenvalue weighted by molar-refractivity contribution is 0.0582. The number of carbonyl (C=O) groups is 1. The zero-order valence-electron chi connectivity index (χ0n) is 18.3. The molecule has 0 fully saturated rings. The van der Waals surface area contributed by atoms with Gasteiger partial charge in [0, 0.05) is 29.2 Å². The van der Waals surface area contributed by atoms with Crippen LogP contribution >= 0.6 is 11.8 Å². The first-order valence-corrected chi connectivity index (χ1v) is 11.8. The first-order valence-electron chi connectivity index (χ1n) is 10.8. The largest absolute Gasteiger partial charge is 0.501 e. The van der Waals surface area contributed by atoms with E-state index < -0.39 is 11.3 Å². The summed E-state index contributed by atoms with van der Waals surface area (Å²) >= 11 is 1.81. The highest BCUT2D eigenvalue weighted by Gasteiger charge is 2.42. The Labute approximate surface area is 190 Å². The summed E-state index contributed by atoms with van der Waals surface area (Å²) in [4.78, 5) is 32.7. The number of aromatic hydroxyl groups is 1. The molecule has 0 unspecified atom stereocenters. The predicted molar refractivity (Wildman–Crippen MR) is 124 cm³/mol. The fraction of sp³-hybridized carbons (Fsp3) is 0.320. The van der Waals surface area contributed by atoms with Crippen LogP contribution in [-0.4, -0.2) is 38.1 Å². The number of benzene rings is 2.